The van der Waals surface area contributed by atoms with Crippen LogP contribution in [-0.2, 0) is 24.0 Å². The summed E-state index contributed by atoms with van der Waals surface area (Å²) in [5, 5.41) is 0. The predicted molar refractivity (Wildman–Crippen MR) is 76.6 cm³/mol. The van der Waals surface area contributed by atoms with Gasteiger partial charge in [-0.2, -0.15) is 0 Å². The molecule has 0 heterocycles. The second kappa shape index (κ2) is 9.28. The molecule has 0 saturated heterocycles. The lowest BCUT2D eigenvalue weighted by molar-refractivity contribution is -0.207. The van der Waals surface area contributed by atoms with Crippen LogP contribution >= 0.6 is 15.9 Å². The first-order valence-corrected chi connectivity index (χ1v) is 6.53. The zero-order valence-electron chi connectivity index (χ0n) is 11.0. The van der Waals surface area contributed by atoms with E-state index in [0.29, 0.717) is 16.3 Å². The van der Waals surface area contributed by atoms with E-state index >= 15 is 0 Å². The molecule has 7 nitrogen and oxygen atoms in total. The molecular formula is C14H9BrO7. The Morgan fingerprint density at radius 3 is 2.64 bits per heavy atom. The Balaban J connectivity index is 2.47. The highest BCUT2D eigenvalue weighted by atomic mass is 79.9. The molecular weight excluding hydrogens is 360 g/mol. The summed E-state index contributed by atoms with van der Waals surface area (Å²) in [7, 11) is 0. The summed E-state index contributed by atoms with van der Waals surface area (Å²) in [6.07, 6.45) is 3.16. The Bertz CT molecular complexity index is 645. The lowest BCUT2D eigenvalue weighted by atomic mass is 10.2. The Labute approximate surface area is 133 Å². The monoisotopic (exact) mass is 368 g/mol. The van der Waals surface area contributed by atoms with Crippen molar-refractivity contribution >= 4 is 40.1 Å². The molecule has 1 aromatic rings. The van der Waals surface area contributed by atoms with Gasteiger partial charge in [0.1, 0.15) is 12.5 Å². The summed E-state index contributed by atoms with van der Waals surface area (Å²) in [5.74, 6) is -0.244. The molecule has 0 bridgehead atoms. The van der Waals surface area contributed by atoms with E-state index in [0.717, 1.165) is 18.2 Å². The summed E-state index contributed by atoms with van der Waals surface area (Å²) >= 11 is 3.15. The molecule has 0 aliphatic rings. The van der Waals surface area contributed by atoms with Crippen molar-refractivity contribution in [2.45, 2.75) is 0 Å². The van der Waals surface area contributed by atoms with Gasteiger partial charge in [0.15, 0.2) is 12.0 Å². The molecule has 8 heteroatoms. The van der Waals surface area contributed by atoms with Gasteiger partial charge in [-0.25, -0.2) is 19.3 Å². The van der Waals surface area contributed by atoms with Gasteiger partial charge in [-0.05, 0) is 18.2 Å². The number of benzene rings is 1. The number of rotatable bonds is 7. The lowest BCUT2D eigenvalue weighted by Crippen LogP contribution is -2.07. The number of carbonyl (C=O) groups is 3. The van der Waals surface area contributed by atoms with E-state index in [-0.39, 0.29) is 12.4 Å². The molecule has 1 aromatic carbocycles. The SMILES string of the molecule is O=C=CCOC(=O)/C=C/C(=O)OOc1ccc(Br)c(C=O)c1. The molecule has 0 N–H and O–H groups in total. The first kappa shape index (κ1) is 17.4. The number of halogens is 1. The highest BCUT2D eigenvalue weighted by molar-refractivity contribution is 9.10. The fourth-order valence-electron chi connectivity index (χ4n) is 1.12. The molecule has 22 heavy (non-hydrogen) atoms. The van der Waals surface area contributed by atoms with Gasteiger partial charge in [-0.1, -0.05) is 15.9 Å². The third kappa shape index (κ3) is 6.17. The van der Waals surface area contributed by atoms with E-state index < -0.39 is 11.9 Å². The second-order valence-corrected chi connectivity index (χ2v) is 4.43. The van der Waals surface area contributed by atoms with E-state index in [4.69, 9.17) is 4.89 Å². The average molecular weight is 369 g/mol. The van der Waals surface area contributed by atoms with Crippen LogP contribution in [0.3, 0.4) is 0 Å². The standard InChI is InChI=1S/C14H9BrO7/c15-12-3-2-11(8-10(12)9-17)21-22-14(19)5-4-13(18)20-7-1-6-16/h1-5,8-9H,7H2/b5-4+. The zero-order chi connectivity index (χ0) is 16.4. The molecule has 0 aromatic heterocycles. The fourth-order valence-corrected chi connectivity index (χ4v) is 1.46. The zero-order valence-corrected chi connectivity index (χ0v) is 12.6. The molecule has 114 valence electrons. The van der Waals surface area contributed by atoms with E-state index in [2.05, 4.69) is 25.6 Å². The average Bonchev–Trinajstić information content (AvgIpc) is 2.52. The maximum atomic E-state index is 11.3. The van der Waals surface area contributed by atoms with Gasteiger partial charge in [-0.3, -0.25) is 9.68 Å². The Hall–Kier alpha value is -2.70. The van der Waals surface area contributed by atoms with Crippen LogP contribution in [0.1, 0.15) is 10.4 Å². The molecule has 0 radical (unpaired) electrons. The van der Waals surface area contributed by atoms with E-state index in [1.165, 1.54) is 18.1 Å². The van der Waals surface area contributed by atoms with Crippen molar-refractivity contribution in [3.8, 4) is 5.75 Å². The van der Waals surface area contributed by atoms with E-state index in [9.17, 15) is 19.2 Å². The van der Waals surface area contributed by atoms with Crippen molar-refractivity contribution in [3.63, 3.8) is 0 Å². The van der Waals surface area contributed by atoms with Crippen LogP contribution in [0.5, 0.6) is 5.75 Å². The quantitative estimate of drug-likeness (QED) is 0.180. The third-order valence-electron chi connectivity index (χ3n) is 2.06. The highest BCUT2D eigenvalue weighted by Crippen LogP contribution is 2.21. The molecule has 0 unspecified atom stereocenters. The minimum absolute atomic E-state index is 0.130. The largest absolute Gasteiger partial charge is 0.458 e. The number of hydrogen-bond donors (Lipinski definition) is 0. The highest BCUT2D eigenvalue weighted by Gasteiger charge is 2.06. The maximum absolute atomic E-state index is 11.3. The van der Waals surface area contributed by atoms with E-state index in [1.807, 2.05) is 0 Å². The third-order valence-corrected chi connectivity index (χ3v) is 2.78. The normalized spacial score (nSPS) is 9.68. The van der Waals surface area contributed by atoms with Gasteiger partial charge >= 0.3 is 11.9 Å². The smallest absolute Gasteiger partial charge is 0.379 e. The van der Waals surface area contributed by atoms with E-state index in [1.54, 1.807) is 6.07 Å². The molecule has 0 aliphatic heterocycles. The number of hydrogen-bond acceptors (Lipinski definition) is 7. The Morgan fingerprint density at radius 1 is 1.23 bits per heavy atom. The van der Waals surface area contributed by atoms with Crippen molar-refractivity contribution < 1.29 is 33.7 Å². The number of aldehydes is 1. The molecule has 0 saturated carbocycles. The van der Waals surface area contributed by atoms with Crippen LogP contribution in [0.4, 0.5) is 0 Å². The minimum atomic E-state index is -0.960. The maximum Gasteiger partial charge on any atom is 0.379 e. The van der Waals surface area contributed by atoms with Gasteiger partial charge in [0.05, 0.1) is 0 Å². The minimum Gasteiger partial charge on any atom is -0.458 e. The van der Waals surface area contributed by atoms with Crippen LogP contribution in [0, 0.1) is 0 Å². The second-order valence-electron chi connectivity index (χ2n) is 3.57. The first-order chi connectivity index (χ1) is 10.6. The predicted octanol–water partition coefficient (Wildman–Crippen LogP) is 1.59. The Kier molecular flexibility index (Phi) is 7.32. The Morgan fingerprint density at radius 2 is 1.95 bits per heavy atom. The van der Waals surface area contributed by atoms with Gasteiger partial charge in [0, 0.05) is 28.3 Å². The topological polar surface area (TPSA) is 96.0 Å². The van der Waals surface area contributed by atoms with Crippen molar-refractivity contribution in [2.75, 3.05) is 6.61 Å². The van der Waals surface area contributed by atoms with Crippen LogP contribution in [0.15, 0.2) is 40.9 Å². The summed E-state index contributed by atoms with van der Waals surface area (Å²) < 4.78 is 5.07. The fraction of sp³-hybridized carbons (Fsp3) is 0.0714. The number of ether oxygens (including phenoxy) is 1. The summed E-state index contributed by atoms with van der Waals surface area (Å²) in [4.78, 5) is 52.0. The molecule has 0 fully saturated rings. The summed E-state index contributed by atoms with van der Waals surface area (Å²) in [6.45, 7) is -0.244. The molecule has 0 atom stereocenters. The molecule has 0 aliphatic carbocycles. The first-order valence-electron chi connectivity index (χ1n) is 5.74. The summed E-state index contributed by atoms with van der Waals surface area (Å²) in [6, 6.07) is 4.36. The van der Waals surface area contributed by atoms with Crippen LogP contribution in [0.2, 0.25) is 0 Å². The number of carbonyl (C=O) groups excluding carboxylic acids is 4. The van der Waals surface area contributed by atoms with Crippen molar-refractivity contribution in [2.24, 2.45) is 0 Å². The van der Waals surface area contributed by atoms with Gasteiger partial charge in [0.25, 0.3) is 0 Å². The van der Waals surface area contributed by atoms with Crippen molar-refractivity contribution in [1.29, 1.82) is 0 Å². The van der Waals surface area contributed by atoms with Crippen LogP contribution < -0.4 is 4.89 Å². The molecule has 1 rings (SSSR count). The number of esters is 1. The summed E-state index contributed by atoms with van der Waals surface area (Å²) in [5.41, 5.74) is 0.316. The van der Waals surface area contributed by atoms with Crippen LogP contribution in [-0.4, -0.2) is 30.8 Å². The van der Waals surface area contributed by atoms with Gasteiger partial charge in [0.2, 0.25) is 0 Å². The molecule has 0 amide bonds. The van der Waals surface area contributed by atoms with Gasteiger partial charge < -0.3 is 4.74 Å². The van der Waals surface area contributed by atoms with Crippen molar-refractivity contribution in [1.82, 2.24) is 0 Å². The lowest BCUT2D eigenvalue weighted by Gasteiger charge is -2.03. The van der Waals surface area contributed by atoms with Crippen LogP contribution in [0.25, 0.3) is 0 Å². The van der Waals surface area contributed by atoms with Crippen molar-refractivity contribution in [3.05, 3.63) is 46.5 Å². The molecule has 0 spiro atoms. The van der Waals surface area contributed by atoms with Gasteiger partial charge in [-0.15, -0.1) is 0 Å².